The summed E-state index contributed by atoms with van der Waals surface area (Å²) in [4.78, 5) is 46.3. The van der Waals surface area contributed by atoms with Crippen LogP contribution >= 0.6 is 11.3 Å². The summed E-state index contributed by atoms with van der Waals surface area (Å²) in [6.45, 7) is 3.03. The van der Waals surface area contributed by atoms with E-state index >= 15 is 0 Å². The number of para-hydroxylation sites is 1. The van der Waals surface area contributed by atoms with Crippen LogP contribution in [0.25, 0.3) is 10.2 Å². The fourth-order valence-corrected chi connectivity index (χ4v) is 6.57. The molecular weight excluding hydrogens is 474 g/mol. The lowest BCUT2D eigenvalue weighted by molar-refractivity contribution is -0.136. The van der Waals surface area contributed by atoms with Crippen LogP contribution in [0.3, 0.4) is 0 Å². The van der Waals surface area contributed by atoms with Crippen LogP contribution in [0.4, 0.5) is 16.5 Å². The fourth-order valence-electron chi connectivity index (χ4n) is 5.55. The van der Waals surface area contributed by atoms with E-state index < -0.39 is 11.8 Å². The molecule has 3 aromatic rings. The molecule has 2 N–H and O–H groups in total. The van der Waals surface area contributed by atoms with Crippen LogP contribution < -0.4 is 20.4 Å². The quantitative estimate of drug-likeness (QED) is 0.532. The van der Waals surface area contributed by atoms with E-state index in [2.05, 4.69) is 21.6 Å². The van der Waals surface area contributed by atoms with Crippen molar-refractivity contribution in [3.05, 3.63) is 47.5 Å². The van der Waals surface area contributed by atoms with Gasteiger partial charge in [-0.3, -0.25) is 14.4 Å². The van der Waals surface area contributed by atoms with E-state index in [0.717, 1.165) is 72.8 Å². The number of piperidine rings is 1. The number of carbonyl (C=O) groups is 3. The molecule has 0 aliphatic carbocycles. The molecule has 9 heteroatoms. The molecule has 4 heterocycles. The third-order valence-corrected chi connectivity index (χ3v) is 8.56. The van der Waals surface area contributed by atoms with Crippen molar-refractivity contribution < 1.29 is 14.4 Å². The summed E-state index contributed by atoms with van der Waals surface area (Å²) in [7, 11) is 0. The molecule has 0 unspecified atom stereocenters. The predicted molar refractivity (Wildman–Crippen MR) is 142 cm³/mol. The largest absolute Gasteiger partial charge is 0.348 e. The van der Waals surface area contributed by atoms with E-state index in [-0.39, 0.29) is 5.91 Å². The van der Waals surface area contributed by atoms with E-state index in [9.17, 15) is 14.4 Å². The Morgan fingerprint density at radius 3 is 2.58 bits per heavy atom. The first kappa shape index (κ1) is 23.0. The highest BCUT2D eigenvalue weighted by atomic mass is 32.1. The third-order valence-electron chi connectivity index (χ3n) is 7.46. The Bertz CT molecular complexity index is 1290. The van der Waals surface area contributed by atoms with Crippen molar-refractivity contribution in [2.45, 2.75) is 38.5 Å². The van der Waals surface area contributed by atoms with E-state index in [4.69, 9.17) is 4.98 Å². The molecule has 2 aromatic carbocycles. The van der Waals surface area contributed by atoms with Gasteiger partial charge in [-0.05, 0) is 73.4 Å². The van der Waals surface area contributed by atoms with Gasteiger partial charge in [0.15, 0.2) is 5.13 Å². The third kappa shape index (κ3) is 4.43. The summed E-state index contributed by atoms with van der Waals surface area (Å²) >= 11 is 1.72. The maximum absolute atomic E-state index is 12.6. The minimum atomic E-state index is -0.645. The Hall–Kier alpha value is -3.46. The number of benzene rings is 2. The van der Waals surface area contributed by atoms with Crippen LogP contribution in [0.5, 0.6) is 0 Å². The van der Waals surface area contributed by atoms with Crippen LogP contribution in [0.15, 0.2) is 36.4 Å². The normalized spacial score (nSPS) is 17.7. The fraction of sp³-hybridized carbons (Fsp3) is 0.407. The van der Waals surface area contributed by atoms with Gasteiger partial charge in [0.05, 0.1) is 15.9 Å². The van der Waals surface area contributed by atoms with E-state index in [1.807, 2.05) is 35.2 Å². The van der Waals surface area contributed by atoms with Crippen molar-refractivity contribution >= 4 is 55.8 Å². The van der Waals surface area contributed by atoms with Gasteiger partial charge in [0.1, 0.15) is 0 Å². The van der Waals surface area contributed by atoms with Crippen molar-refractivity contribution in [1.82, 2.24) is 10.3 Å². The number of aromatic nitrogens is 1. The summed E-state index contributed by atoms with van der Waals surface area (Å²) < 4.78 is 1.20. The van der Waals surface area contributed by atoms with Gasteiger partial charge < -0.3 is 20.4 Å². The summed E-state index contributed by atoms with van der Waals surface area (Å²) in [5, 5.41) is 6.65. The highest BCUT2D eigenvalue weighted by Gasteiger charge is 2.30. The summed E-state index contributed by atoms with van der Waals surface area (Å²) in [6.07, 6.45) is 4.83. The molecule has 3 aliphatic heterocycles. The van der Waals surface area contributed by atoms with Crippen molar-refractivity contribution in [2.75, 3.05) is 41.3 Å². The number of amides is 3. The minimum Gasteiger partial charge on any atom is -0.348 e. The Morgan fingerprint density at radius 2 is 1.78 bits per heavy atom. The molecule has 36 heavy (non-hydrogen) atoms. The lowest BCUT2D eigenvalue weighted by Crippen LogP contribution is -2.42. The smallest absolute Gasteiger partial charge is 0.313 e. The zero-order valence-corrected chi connectivity index (χ0v) is 20.9. The van der Waals surface area contributed by atoms with Crippen LogP contribution in [0.1, 0.15) is 36.8 Å². The first-order valence-electron chi connectivity index (χ1n) is 12.7. The minimum absolute atomic E-state index is 0.172. The van der Waals surface area contributed by atoms with Gasteiger partial charge in [0.25, 0.3) is 0 Å². The van der Waals surface area contributed by atoms with Gasteiger partial charge in [0.2, 0.25) is 5.91 Å². The van der Waals surface area contributed by atoms with E-state index in [0.29, 0.717) is 31.0 Å². The molecule has 8 nitrogen and oxygen atoms in total. The van der Waals surface area contributed by atoms with Gasteiger partial charge in [0, 0.05) is 38.3 Å². The van der Waals surface area contributed by atoms with Gasteiger partial charge in [-0.15, -0.1) is 0 Å². The zero-order valence-electron chi connectivity index (χ0n) is 20.1. The summed E-state index contributed by atoms with van der Waals surface area (Å²) in [6, 6.07) is 12.0. The molecule has 0 spiro atoms. The van der Waals surface area contributed by atoms with Crippen molar-refractivity contribution in [3.8, 4) is 0 Å². The molecule has 0 radical (unpaired) electrons. The molecule has 1 aromatic heterocycles. The number of thiazole rings is 1. The van der Waals surface area contributed by atoms with Crippen LogP contribution in [-0.4, -0.2) is 48.9 Å². The average molecular weight is 504 g/mol. The van der Waals surface area contributed by atoms with Crippen molar-refractivity contribution in [3.63, 3.8) is 0 Å². The number of anilines is 3. The topological polar surface area (TPSA) is 94.6 Å². The molecule has 0 atom stereocenters. The lowest BCUT2D eigenvalue weighted by Gasteiger charge is -2.35. The monoisotopic (exact) mass is 503 g/mol. The second kappa shape index (κ2) is 9.54. The number of nitrogens with one attached hydrogen (secondary N) is 2. The standard InChI is InChI=1S/C27H29N5O3S/c33-23-8-7-19-15-20(14-18-4-3-11-32(23)24(18)19)29-26(35)25(34)28-16-17-9-12-31(13-10-17)27-30-21-5-1-2-6-22(21)36-27/h1-2,5-6,14-15,17H,3-4,7-13,16H2,(H,28,34)(H,29,35). The Kier molecular flexibility index (Phi) is 6.08. The maximum atomic E-state index is 12.6. The number of hydrogen-bond donors (Lipinski definition) is 2. The van der Waals surface area contributed by atoms with Crippen LogP contribution in [0.2, 0.25) is 0 Å². The van der Waals surface area contributed by atoms with Gasteiger partial charge in [-0.25, -0.2) is 4.98 Å². The Morgan fingerprint density at radius 1 is 1.00 bits per heavy atom. The zero-order chi connectivity index (χ0) is 24.6. The first-order chi connectivity index (χ1) is 17.5. The molecule has 0 bridgehead atoms. The van der Waals surface area contributed by atoms with Gasteiger partial charge in [-0.1, -0.05) is 23.5 Å². The van der Waals surface area contributed by atoms with Gasteiger partial charge in [-0.2, -0.15) is 0 Å². The molecule has 6 rings (SSSR count). The highest BCUT2D eigenvalue weighted by molar-refractivity contribution is 7.22. The highest BCUT2D eigenvalue weighted by Crippen LogP contribution is 2.38. The van der Waals surface area contributed by atoms with E-state index in [1.165, 1.54) is 4.70 Å². The van der Waals surface area contributed by atoms with Crippen LogP contribution in [-0.2, 0) is 27.2 Å². The van der Waals surface area contributed by atoms with Crippen molar-refractivity contribution in [2.24, 2.45) is 5.92 Å². The number of aryl methyl sites for hydroxylation is 2. The molecule has 3 amide bonds. The number of carbonyl (C=O) groups excluding carboxylic acids is 3. The maximum Gasteiger partial charge on any atom is 0.313 e. The second-order valence-corrected chi connectivity index (χ2v) is 10.9. The SMILES string of the molecule is O=C(NCC1CCN(c2nc3ccccc3s2)CC1)C(=O)Nc1cc2c3c(c1)CCC(=O)N3CCC2. The predicted octanol–water partition coefficient (Wildman–Crippen LogP) is 3.49. The molecule has 186 valence electrons. The average Bonchev–Trinajstić information content (AvgIpc) is 3.34. The Balaban J connectivity index is 1.02. The van der Waals surface area contributed by atoms with Gasteiger partial charge >= 0.3 is 11.8 Å². The molecule has 1 fully saturated rings. The summed E-state index contributed by atoms with van der Waals surface area (Å²) in [5.74, 6) is -0.741. The van der Waals surface area contributed by atoms with E-state index in [1.54, 1.807) is 11.3 Å². The Labute approximate surface area is 213 Å². The number of fused-ring (bicyclic) bond motifs is 1. The first-order valence-corrected chi connectivity index (χ1v) is 13.5. The molecule has 3 aliphatic rings. The molecule has 1 saturated heterocycles. The summed E-state index contributed by atoms with van der Waals surface area (Å²) in [5.41, 5.74) is 4.82. The number of hydrogen-bond acceptors (Lipinski definition) is 6. The molecular formula is C27H29N5O3S. The second-order valence-electron chi connectivity index (χ2n) is 9.85. The van der Waals surface area contributed by atoms with Crippen LogP contribution in [0, 0.1) is 5.92 Å². The number of rotatable bonds is 4. The lowest BCUT2D eigenvalue weighted by atomic mass is 9.91. The number of nitrogens with zero attached hydrogens (tertiary/aromatic N) is 3. The van der Waals surface area contributed by atoms with Crippen molar-refractivity contribution in [1.29, 1.82) is 0 Å². The molecule has 0 saturated carbocycles.